The molecule has 1 atom stereocenters. The van der Waals surface area contributed by atoms with Crippen LogP contribution in [0.4, 0.5) is 0 Å². The molecule has 0 heterocycles. The summed E-state index contributed by atoms with van der Waals surface area (Å²) in [5.74, 6) is 0.803. The van der Waals surface area contributed by atoms with Gasteiger partial charge in [0.05, 0.1) is 6.61 Å². The molecule has 1 radical (unpaired) electrons. The molecule has 0 aromatic heterocycles. The standard InChI is InChI=1S/C12H23O/c1-3-4-5-6-9-12(2)10-7-8-11-13/h3-4,12H,5-11H2,1-2H3. The van der Waals surface area contributed by atoms with Crippen molar-refractivity contribution in [1.82, 2.24) is 0 Å². The molecule has 0 saturated heterocycles. The summed E-state index contributed by atoms with van der Waals surface area (Å²) in [5, 5.41) is 10.2. The van der Waals surface area contributed by atoms with Crippen molar-refractivity contribution in [2.75, 3.05) is 6.61 Å². The fraction of sp³-hybridized carbons (Fsp3) is 0.833. The molecule has 0 N–H and O–H groups in total. The van der Waals surface area contributed by atoms with Gasteiger partial charge in [0.25, 0.3) is 0 Å². The Balaban J connectivity index is 3.14. The van der Waals surface area contributed by atoms with Crippen LogP contribution in [-0.4, -0.2) is 6.61 Å². The van der Waals surface area contributed by atoms with E-state index >= 15 is 0 Å². The van der Waals surface area contributed by atoms with Gasteiger partial charge in [-0.3, -0.25) is 0 Å². The smallest absolute Gasteiger partial charge is 0.0822 e. The van der Waals surface area contributed by atoms with Crippen LogP contribution in [-0.2, 0) is 5.11 Å². The van der Waals surface area contributed by atoms with Gasteiger partial charge in [-0.25, -0.2) is 5.11 Å². The monoisotopic (exact) mass is 183 g/mol. The minimum absolute atomic E-state index is 0.102. The molecule has 0 aromatic carbocycles. The van der Waals surface area contributed by atoms with E-state index in [9.17, 15) is 5.11 Å². The Labute approximate surface area is 82.9 Å². The van der Waals surface area contributed by atoms with Crippen LogP contribution in [0.25, 0.3) is 0 Å². The minimum atomic E-state index is 0.102. The Morgan fingerprint density at radius 1 is 1.15 bits per heavy atom. The quantitative estimate of drug-likeness (QED) is 0.401. The van der Waals surface area contributed by atoms with Crippen LogP contribution in [0, 0.1) is 5.92 Å². The second kappa shape index (κ2) is 9.79. The minimum Gasteiger partial charge on any atom is -0.237 e. The summed E-state index contributed by atoms with van der Waals surface area (Å²) < 4.78 is 0. The summed E-state index contributed by atoms with van der Waals surface area (Å²) in [6.45, 7) is 4.46. The SMILES string of the molecule is CC=CCCCC(C)CCCC[O]. The van der Waals surface area contributed by atoms with E-state index in [4.69, 9.17) is 0 Å². The summed E-state index contributed by atoms with van der Waals surface area (Å²) in [5.41, 5.74) is 0. The first-order chi connectivity index (χ1) is 6.31. The van der Waals surface area contributed by atoms with E-state index < -0.39 is 0 Å². The molecule has 0 aliphatic heterocycles. The summed E-state index contributed by atoms with van der Waals surface area (Å²) in [4.78, 5) is 0. The van der Waals surface area contributed by atoms with Crippen molar-refractivity contribution in [1.29, 1.82) is 0 Å². The van der Waals surface area contributed by atoms with E-state index in [0.717, 1.165) is 18.8 Å². The van der Waals surface area contributed by atoms with Gasteiger partial charge in [-0.2, -0.15) is 0 Å². The highest BCUT2D eigenvalue weighted by Gasteiger charge is 2.00. The lowest BCUT2D eigenvalue weighted by Gasteiger charge is -2.09. The summed E-state index contributed by atoms with van der Waals surface area (Å²) in [6.07, 6.45) is 11.4. The van der Waals surface area contributed by atoms with Gasteiger partial charge in [-0.15, -0.1) is 0 Å². The molecule has 0 spiro atoms. The number of hydrogen-bond donors (Lipinski definition) is 0. The molecule has 1 heteroatoms. The number of allylic oxidation sites excluding steroid dienone is 2. The second-order valence-electron chi connectivity index (χ2n) is 3.81. The average molecular weight is 183 g/mol. The molecular formula is C12H23O. The zero-order valence-electron chi connectivity index (χ0n) is 9.09. The van der Waals surface area contributed by atoms with Crippen LogP contribution in [0.2, 0.25) is 0 Å². The predicted octanol–water partition coefficient (Wildman–Crippen LogP) is 3.97. The normalized spacial score (nSPS) is 13.8. The molecule has 0 rings (SSSR count). The highest BCUT2D eigenvalue weighted by molar-refractivity contribution is 4.76. The van der Waals surface area contributed by atoms with Crippen LogP contribution in [0.1, 0.15) is 52.4 Å². The number of unbranched alkanes of at least 4 members (excludes halogenated alkanes) is 2. The first-order valence-corrected chi connectivity index (χ1v) is 5.50. The van der Waals surface area contributed by atoms with Crippen LogP contribution < -0.4 is 0 Å². The third-order valence-corrected chi connectivity index (χ3v) is 2.39. The molecule has 77 valence electrons. The van der Waals surface area contributed by atoms with E-state index in [0.29, 0.717) is 0 Å². The molecule has 0 fully saturated rings. The fourth-order valence-electron chi connectivity index (χ4n) is 1.49. The maximum absolute atomic E-state index is 10.2. The van der Waals surface area contributed by atoms with Gasteiger partial charge in [0, 0.05) is 0 Å². The van der Waals surface area contributed by atoms with Crippen molar-refractivity contribution in [2.24, 2.45) is 5.92 Å². The topological polar surface area (TPSA) is 19.9 Å². The summed E-state index contributed by atoms with van der Waals surface area (Å²) in [7, 11) is 0. The number of rotatable bonds is 8. The average Bonchev–Trinajstić information content (AvgIpc) is 2.13. The Hall–Kier alpha value is -0.300. The van der Waals surface area contributed by atoms with Crippen molar-refractivity contribution in [2.45, 2.75) is 52.4 Å². The molecule has 13 heavy (non-hydrogen) atoms. The van der Waals surface area contributed by atoms with E-state index in [1.807, 2.05) is 0 Å². The largest absolute Gasteiger partial charge is 0.237 e. The van der Waals surface area contributed by atoms with Crippen LogP contribution in [0.3, 0.4) is 0 Å². The van der Waals surface area contributed by atoms with E-state index in [1.165, 1.54) is 25.7 Å². The van der Waals surface area contributed by atoms with Gasteiger partial charge in [-0.1, -0.05) is 38.3 Å². The van der Waals surface area contributed by atoms with Crippen molar-refractivity contribution in [3.05, 3.63) is 12.2 Å². The van der Waals surface area contributed by atoms with Crippen molar-refractivity contribution < 1.29 is 5.11 Å². The molecule has 0 aliphatic carbocycles. The number of hydrogen-bond acceptors (Lipinski definition) is 0. The second-order valence-corrected chi connectivity index (χ2v) is 3.81. The van der Waals surface area contributed by atoms with Gasteiger partial charge in [0.1, 0.15) is 0 Å². The molecule has 0 bridgehead atoms. The van der Waals surface area contributed by atoms with Gasteiger partial charge < -0.3 is 0 Å². The molecule has 0 amide bonds. The summed E-state index contributed by atoms with van der Waals surface area (Å²) in [6, 6.07) is 0. The highest BCUT2D eigenvalue weighted by atomic mass is 16.2. The van der Waals surface area contributed by atoms with E-state index in [-0.39, 0.29) is 6.61 Å². The maximum Gasteiger partial charge on any atom is 0.0822 e. The van der Waals surface area contributed by atoms with Crippen molar-refractivity contribution >= 4 is 0 Å². The lowest BCUT2D eigenvalue weighted by molar-refractivity contribution is 0.184. The van der Waals surface area contributed by atoms with Gasteiger partial charge in [0.15, 0.2) is 0 Å². The highest BCUT2D eigenvalue weighted by Crippen LogP contribution is 2.15. The third kappa shape index (κ3) is 9.62. The fourth-order valence-corrected chi connectivity index (χ4v) is 1.49. The zero-order valence-corrected chi connectivity index (χ0v) is 9.09. The predicted molar refractivity (Wildman–Crippen MR) is 57.2 cm³/mol. The van der Waals surface area contributed by atoms with E-state index in [2.05, 4.69) is 26.0 Å². The third-order valence-electron chi connectivity index (χ3n) is 2.39. The lowest BCUT2D eigenvalue weighted by Crippen LogP contribution is -1.95. The first-order valence-electron chi connectivity index (χ1n) is 5.50. The first kappa shape index (κ1) is 12.7. The Morgan fingerprint density at radius 3 is 2.46 bits per heavy atom. The van der Waals surface area contributed by atoms with Crippen LogP contribution >= 0.6 is 0 Å². The van der Waals surface area contributed by atoms with Crippen molar-refractivity contribution in [3.63, 3.8) is 0 Å². The Bertz CT molecular complexity index is 118. The van der Waals surface area contributed by atoms with Gasteiger partial charge >= 0.3 is 0 Å². The maximum atomic E-state index is 10.2. The zero-order chi connectivity index (χ0) is 9.94. The van der Waals surface area contributed by atoms with Crippen molar-refractivity contribution in [3.8, 4) is 0 Å². The molecule has 1 unspecified atom stereocenters. The van der Waals surface area contributed by atoms with Gasteiger partial charge in [-0.05, 0) is 32.1 Å². The van der Waals surface area contributed by atoms with Crippen LogP contribution in [0.15, 0.2) is 12.2 Å². The molecule has 1 nitrogen and oxygen atoms in total. The van der Waals surface area contributed by atoms with Gasteiger partial charge in [0.2, 0.25) is 0 Å². The van der Waals surface area contributed by atoms with Crippen LogP contribution in [0.5, 0.6) is 0 Å². The van der Waals surface area contributed by atoms with E-state index in [1.54, 1.807) is 0 Å². The Morgan fingerprint density at radius 2 is 1.85 bits per heavy atom. The lowest BCUT2D eigenvalue weighted by atomic mass is 9.98. The molecule has 0 saturated carbocycles. The summed E-state index contributed by atoms with van der Waals surface area (Å²) >= 11 is 0. The molecule has 0 aliphatic rings. The molecular weight excluding hydrogens is 160 g/mol. The Kier molecular flexibility index (Phi) is 9.56. The molecule has 0 aromatic rings.